The van der Waals surface area contributed by atoms with E-state index in [-0.39, 0.29) is 5.91 Å². The number of hydrogen-bond acceptors (Lipinski definition) is 4. The minimum absolute atomic E-state index is 0.0947. The first-order valence-corrected chi connectivity index (χ1v) is 8.48. The van der Waals surface area contributed by atoms with Crippen molar-refractivity contribution in [3.8, 4) is 0 Å². The fourth-order valence-corrected chi connectivity index (χ4v) is 3.27. The Morgan fingerprint density at radius 1 is 1.20 bits per heavy atom. The molecule has 1 heterocycles. The van der Waals surface area contributed by atoms with E-state index >= 15 is 0 Å². The van der Waals surface area contributed by atoms with Gasteiger partial charge in [-0.2, -0.15) is 12.7 Å². The summed E-state index contributed by atoms with van der Waals surface area (Å²) in [5.74, 6) is 0.0947. The number of rotatable bonds is 7. The van der Waals surface area contributed by atoms with E-state index in [1.54, 1.807) is 4.90 Å². The van der Waals surface area contributed by atoms with E-state index in [9.17, 15) is 13.2 Å². The molecular weight excluding hydrogens is 280 g/mol. The summed E-state index contributed by atoms with van der Waals surface area (Å²) in [5, 5.41) is 0. The Kier molecular flexibility index (Phi) is 6.87. The highest BCUT2D eigenvalue weighted by Crippen LogP contribution is 2.07. The summed E-state index contributed by atoms with van der Waals surface area (Å²) >= 11 is 0. The number of carbonyl (C=O) groups excluding carboxylic acids is 1. The van der Waals surface area contributed by atoms with Gasteiger partial charge in [-0.15, -0.1) is 0 Å². The minimum atomic E-state index is -3.38. The Morgan fingerprint density at radius 3 is 2.30 bits per heavy atom. The van der Waals surface area contributed by atoms with Gasteiger partial charge in [-0.05, 0) is 20.5 Å². The van der Waals surface area contributed by atoms with E-state index in [4.69, 9.17) is 0 Å². The zero-order chi connectivity index (χ0) is 15.2. The highest BCUT2D eigenvalue weighted by molar-refractivity contribution is 7.87. The van der Waals surface area contributed by atoms with Gasteiger partial charge in [0.2, 0.25) is 5.91 Å². The lowest BCUT2D eigenvalue weighted by atomic mass is 10.3. The molecule has 0 bridgehead atoms. The molecule has 0 aromatic heterocycles. The van der Waals surface area contributed by atoms with Crippen LogP contribution in [0.25, 0.3) is 0 Å². The molecule has 1 aliphatic rings. The summed E-state index contributed by atoms with van der Waals surface area (Å²) in [6.45, 7) is 4.77. The Hall–Kier alpha value is -0.700. The molecule has 118 valence electrons. The van der Waals surface area contributed by atoms with Crippen molar-refractivity contribution in [3.63, 3.8) is 0 Å². The van der Waals surface area contributed by atoms with Gasteiger partial charge in [0.25, 0.3) is 10.2 Å². The Bertz CT molecular complexity index is 403. The molecule has 0 spiro atoms. The normalized spacial score (nSPS) is 17.7. The second-order valence-electron chi connectivity index (χ2n) is 5.23. The number of nitrogens with one attached hydrogen (secondary N) is 1. The number of carbonyl (C=O) groups is 1. The molecule has 1 N–H and O–H groups in total. The highest BCUT2D eigenvalue weighted by atomic mass is 32.2. The number of amides is 1. The lowest BCUT2D eigenvalue weighted by molar-refractivity contribution is -0.132. The van der Waals surface area contributed by atoms with E-state index in [0.29, 0.717) is 39.1 Å². The van der Waals surface area contributed by atoms with Crippen LogP contribution in [0.3, 0.4) is 0 Å². The van der Waals surface area contributed by atoms with Gasteiger partial charge in [0, 0.05) is 45.7 Å². The molecule has 0 radical (unpaired) electrons. The Labute approximate surface area is 122 Å². The lowest BCUT2D eigenvalue weighted by Gasteiger charge is -2.34. The quantitative estimate of drug-likeness (QED) is 0.677. The maximum Gasteiger partial charge on any atom is 0.279 e. The second kappa shape index (κ2) is 7.92. The first-order chi connectivity index (χ1) is 9.36. The van der Waals surface area contributed by atoms with Crippen molar-refractivity contribution in [2.24, 2.45) is 0 Å². The van der Waals surface area contributed by atoms with Crippen LogP contribution in [0.1, 0.15) is 19.8 Å². The van der Waals surface area contributed by atoms with E-state index in [0.717, 1.165) is 13.0 Å². The first kappa shape index (κ1) is 17.4. The first-order valence-electron chi connectivity index (χ1n) is 7.04. The average Bonchev–Trinajstić information content (AvgIpc) is 2.42. The van der Waals surface area contributed by atoms with Crippen LogP contribution in [0.15, 0.2) is 0 Å². The maximum absolute atomic E-state index is 11.9. The van der Waals surface area contributed by atoms with E-state index in [1.807, 2.05) is 25.9 Å². The van der Waals surface area contributed by atoms with E-state index in [2.05, 4.69) is 4.72 Å². The topological polar surface area (TPSA) is 73.0 Å². The molecular formula is C12H26N4O3S. The van der Waals surface area contributed by atoms with Crippen LogP contribution in [-0.2, 0) is 15.0 Å². The molecule has 1 rings (SSSR count). The van der Waals surface area contributed by atoms with Crippen molar-refractivity contribution in [2.75, 3.05) is 53.4 Å². The molecule has 0 unspecified atom stereocenters. The zero-order valence-electron chi connectivity index (χ0n) is 12.6. The van der Waals surface area contributed by atoms with Gasteiger partial charge in [-0.3, -0.25) is 4.79 Å². The Morgan fingerprint density at radius 2 is 1.80 bits per heavy atom. The minimum Gasteiger partial charge on any atom is -0.340 e. The SMILES string of the molecule is CCCNS(=O)(=O)N1CCN(C(=O)CCN(C)C)CC1. The van der Waals surface area contributed by atoms with E-state index in [1.165, 1.54) is 4.31 Å². The molecule has 0 aliphatic carbocycles. The van der Waals surface area contributed by atoms with Crippen LogP contribution in [0.2, 0.25) is 0 Å². The smallest absolute Gasteiger partial charge is 0.279 e. The zero-order valence-corrected chi connectivity index (χ0v) is 13.4. The summed E-state index contributed by atoms with van der Waals surface area (Å²) in [6, 6.07) is 0. The monoisotopic (exact) mass is 306 g/mol. The van der Waals surface area contributed by atoms with Gasteiger partial charge in [0.1, 0.15) is 0 Å². The molecule has 1 fully saturated rings. The number of piperazine rings is 1. The van der Waals surface area contributed by atoms with Crippen molar-refractivity contribution in [1.82, 2.24) is 18.8 Å². The summed E-state index contributed by atoms with van der Waals surface area (Å²) in [4.78, 5) is 15.7. The van der Waals surface area contributed by atoms with Crippen LogP contribution in [0.5, 0.6) is 0 Å². The molecule has 0 aromatic carbocycles. The van der Waals surface area contributed by atoms with Crippen LogP contribution >= 0.6 is 0 Å². The highest BCUT2D eigenvalue weighted by Gasteiger charge is 2.28. The van der Waals surface area contributed by atoms with Crippen LogP contribution in [0.4, 0.5) is 0 Å². The van der Waals surface area contributed by atoms with Crippen molar-refractivity contribution < 1.29 is 13.2 Å². The molecule has 1 aliphatic heterocycles. The molecule has 0 atom stereocenters. The van der Waals surface area contributed by atoms with Gasteiger partial charge < -0.3 is 9.80 Å². The standard InChI is InChI=1S/C12H26N4O3S/c1-4-6-13-20(18,19)16-10-8-15(9-11-16)12(17)5-7-14(2)3/h13H,4-11H2,1-3H3. The summed E-state index contributed by atoms with van der Waals surface area (Å²) in [5.41, 5.74) is 0. The Balaban J connectivity index is 2.41. The molecule has 1 amide bonds. The number of hydrogen-bond donors (Lipinski definition) is 1. The molecule has 0 saturated carbocycles. The number of nitrogens with zero attached hydrogens (tertiary/aromatic N) is 3. The lowest BCUT2D eigenvalue weighted by Crippen LogP contribution is -2.53. The van der Waals surface area contributed by atoms with E-state index < -0.39 is 10.2 Å². The van der Waals surface area contributed by atoms with Crippen LogP contribution in [0, 0.1) is 0 Å². The second-order valence-corrected chi connectivity index (χ2v) is 6.99. The van der Waals surface area contributed by atoms with Crippen molar-refractivity contribution in [1.29, 1.82) is 0 Å². The summed E-state index contributed by atoms with van der Waals surface area (Å²) < 4.78 is 27.8. The predicted octanol–water partition coefficient (Wildman–Crippen LogP) is -0.673. The third kappa shape index (κ3) is 5.35. The molecule has 1 saturated heterocycles. The largest absolute Gasteiger partial charge is 0.340 e. The van der Waals surface area contributed by atoms with Gasteiger partial charge in [-0.25, -0.2) is 4.72 Å². The van der Waals surface area contributed by atoms with Crippen molar-refractivity contribution >= 4 is 16.1 Å². The van der Waals surface area contributed by atoms with Crippen LogP contribution in [-0.4, -0.2) is 81.8 Å². The average molecular weight is 306 g/mol. The predicted molar refractivity (Wildman–Crippen MR) is 78.5 cm³/mol. The molecule has 20 heavy (non-hydrogen) atoms. The molecule has 0 aromatic rings. The van der Waals surface area contributed by atoms with Gasteiger partial charge in [0.15, 0.2) is 0 Å². The van der Waals surface area contributed by atoms with Crippen molar-refractivity contribution in [3.05, 3.63) is 0 Å². The van der Waals surface area contributed by atoms with Gasteiger partial charge >= 0.3 is 0 Å². The fraction of sp³-hybridized carbons (Fsp3) is 0.917. The van der Waals surface area contributed by atoms with Gasteiger partial charge in [0.05, 0.1) is 0 Å². The maximum atomic E-state index is 11.9. The summed E-state index contributed by atoms with van der Waals surface area (Å²) in [6.07, 6.45) is 1.25. The van der Waals surface area contributed by atoms with Gasteiger partial charge in [-0.1, -0.05) is 6.92 Å². The summed E-state index contributed by atoms with van der Waals surface area (Å²) in [7, 11) is 0.472. The fourth-order valence-electron chi connectivity index (χ4n) is 1.98. The van der Waals surface area contributed by atoms with Crippen molar-refractivity contribution in [2.45, 2.75) is 19.8 Å². The third-order valence-electron chi connectivity index (χ3n) is 3.24. The third-order valence-corrected chi connectivity index (χ3v) is 4.85. The molecule has 8 heteroatoms. The van der Waals surface area contributed by atoms with Crippen LogP contribution < -0.4 is 4.72 Å². The molecule has 7 nitrogen and oxygen atoms in total.